The fraction of sp³-hybridized carbons (Fsp3) is 0.538. The molecule has 0 heterocycles. The number of alkyl halides is 1. The van der Waals surface area contributed by atoms with Gasteiger partial charge in [-0.2, -0.15) is 0 Å². The van der Waals surface area contributed by atoms with Gasteiger partial charge < -0.3 is 4.74 Å². The molecule has 0 unspecified atom stereocenters. The summed E-state index contributed by atoms with van der Waals surface area (Å²) in [4.78, 5) is 0. The maximum absolute atomic E-state index is 5.64. The smallest absolute Gasteiger partial charge is 0.119 e. The van der Waals surface area contributed by atoms with Crippen LogP contribution in [0.25, 0.3) is 0 Å². The van der Waals surface area contributed by atoms with Crippen LogP contribution in [-0.4, -0.2) is 6.61 Å². The van der Waals surface area contributed by atoms with E-state index in [1.807, 2.05) is 12.1 Å². The summed E-state index contributed by atoms with van der Waals surface area (Å²) in [6.07, 6.45) is 2.37. The van der Waals surface area contributed by atoms with E-state index in [1.54, 1.807) is 0 Å². The maximum Gasteiger partial charge on any atom is 0.119 e. The van der Waals surface area contributed by atoms with Crippen molar-refractivity contribution in [3.63, 3.8) is 0 Å². The van der Waals surface area contributed by atoms with Gasteiger partial charge in [0, 0.05) is 5.33 Å². The molecule has 1 aromatic rings. The SMILES string of the molecule is CC(C)CCCOc1ccc(CBr)cc1. The summed E-state index contributed by atoms with van der Waals surface area (Å²) >= 11 is 3.42. The third-order valence-electron chi connectivity index (χ3n) is 2.27. The van der Waals surface area contributed by atoms with Gasteiger partial charge in [0.15, 0.2) is 0 Å². The number of benzene rings is 1. The molecule has 0 amide bonds. The summed E-state index contributed by atoms with van der Waals surface area (Å²) in [7, 11) is 0. The molecule has 1 aromatic carbocycles. The highest BCUT2D eigenvalue weighted by atomic mass is 79.9. The number of hydrogen-bond donors (Lipinski definition) is 0. The Bertz CT molecular complexity index is 266. The Labute approximate surface area is 101 Å². The monoisotopic (exact) mass is 270 g/mol. The summed E-state index contributed by atoms with van der Waals surface area (Å²) in [6.45, 7) is 5.31. The van der Waals surface area contributed by atoms with Crippen molar-refractivity contribution in [1.29, 1.82) is 0 Å². The standard InChI is InChI=1S/C13H19BrO/c1-11(2)4-3-9-15-13-7-5-12(10-14)6-8-13/h5-8,11H,3-4,9-10H2,1-2H3. The first-order chi connectivity index (χ1) is 7.22. The molecule has 0 atom stereocenters. The molecule has 1 rings (SSSR count). The molecule has 0 aliphatic heterocycles. The Balaban J connectivity index is 2.25. The van der Waals surface area contributed by atoms with E-state index in [0.29, 0.717) is 0 Å². The first-order valence-corrected chi connectivity index (χ1v) is 6.62. The van der Waals surface area contributed by atoms with Gasteiger partial charge in [0.1, 0.15) is 5.75 Å². The van der Waals surface area contributed by atoms with E-state index in [1.165, 1.54) is 12.0 Å². The number of rotatable bonds is 6. The number of halogens is 1. The molecule has 0 aliphatic rings. The zero-order valence-corrected chi connectivity index (χ0v) is 11.1. The molecule has 0 fully saturated rings. The van der Waals surface area contributed by atoms with E-state index >= 15 is 0 Å². The van der Waals surface area contributed by atoms with Crippen molar-refractivity contribution < 1.29 is 4.74 Å². The molecule has 15 heavy (non-hydrogen) atoms. The lowest BCUT2D eigenvalue weighted by atomic mass is 10.1. The normalized spacial score (nSPS) is 10.7. The molecular formula is C13H19BrO. The second-order valence-electron chi connectivity index (χ2n) is 4.16. The third kappa shape index (κ3) is 5.22. The predicted octanol–water partition coefficient (Wildman–Crippen LogP) is 4.40. The van der Waals surface area contributed by atoms with Crippen LogP contribution in [-0.2, 0) is 5.33 Å². The van der Waals surface area contributed by atoms with Crippen molar-refractivity contribution in [3.05, 3.63) is 29.8 Å². The highest BCUT2D eigenvalue weighted by Crippen LogP contribution is 2.14. The fourth-order valence-electron chi connectivity index (χ4n) is 1.36. The lowest BCUT2D eigenvalue weighted by Gasteiger charge is -2.07. The van der Waals surface area contributed by atoms with Gasteiger partial charge in [-0.05, 0) is 36.5 Å². The molecule has 84 valence electrons. The molecule has 0 spiro atoms. The van der Waals surface area contributed by atoms with Crippen molar-refractivity contribution in [2.24, 2.45) is 5.92 Å². The van der Waals surface area contributed by atoms with Crippen LogP contribution in [0, 0.1) is 5.92 Å². The van der Waals surface area contributed by atoms with Crippen LogP contribution in [0.5, 0.6) is 5.75 Å². The average Bonchev–Trinajstić information content (AvgIpc) is 2.25. The minimum Gasteiger partial charge on any atom is -0.494 e. The molecule has 0 radical (unpaired) electrons. The molecule has 0 N–H and O–H groups in total. The Kier molecular flexibility index (Phi) is 5.77. The van der Waals surface area contributed by atoms with Crippen LogP contribution in [0.3, 0.4) is 0 Å². The lowest BCUT2D eigenvalue weighted by Crippen LogP contribution is -1.99. The minimum absolute atomic E-state index is 0.768. The molecule has 1 nitrogen and oxygen atoms in total. The second kappa shape index (κ2) is 6.89. The molecule has 0 saturated carbocycles. The highest BCUT2D eigenvalue weighted by Gasteiger charge is 1.96. The summed E-state index contributed by atoms with van der Waals surface area (Å²) in [5, 5.41) is 0.903. The van der Waals surface area contributed by atoms with Crippen molar-refractivity contribution in [2.75, 3.05) is 6.61 Å². The average molecular weight is 271 g/mol. The summed E-state index contributed by atoms with van der Waals surface area (Å²) in [5.41, 5.74) is 1.28. The van der Waals surface area contributed by atoms with Crippen molar-refractivity contribution in [2.45, 2.75) is 32.0 Å². The van der Waals surface area contributed by atoms with E-state index in [0.717, 1.165) is 30.0 Å². The van der Waals surface area contributed by atoms with Gasteiger partial charge in [-0.25, -0.2) is 0 Å². The Morgan fingerprint density at radius 3 is 2.40 bits per heavy atom. The van der Waals surface area contributed by atoms with Crippen molar-refractivity contribution in [3.8, 4) is 5.75 Å². The summed E-state index contributed by atoms with van der Waals surface area (Å²) < 4.78 is 5.64. The molecule has 2 heteroatoms. The fourth-order valence-corrected chi connectivity index (χ4v) is 1.73. The topological polar surface area (TPSA) is 9.23 Å². The van der Waals surface area contributed by atoms with Crippen LogP contribution in [0.1, 0.15) is 32.3 Å². The van der Waals surface area contributed by atoms with Crippen LogP contribution in [0.4, 0.5) is 0 Å². The Morgan fingerprint density at radius 1 is 1.20 bits per heavy atom. The van der Waals surface area contributed by atoms with Crippen LogP contribution < -0.4 is 4.74 Å². The first kappa shape index (κ1) is 12.6. The van der Waals surface area contributed by atoms with Gasteiger partial charge in [-0.3, -0.25) is 0 Å². The quantitative estimate of drug-likeness (QED) is 0.550. The van der Waals surface area contributed by atoms with Gasteiger partial charge in [0.05, 0.1) is 6.61 Å². The molecule has 0 bridgehead atoms. The van der Waals surface area contributed by atoms with Gasteiger partial charge in [-0.15, -0.1) is 0 Å². The first-order valence-electron chi connectivity index (χ1n) is 5.50. The summed E-state index contributed by atoms with van der Waals surface area (Å²) in [6, 6.07) is 8.25. The number of hydrogen-bond acceptors (Lipinski definition) is 1. The van der Waals surface area contributed by atoms with Crippen molar-refractivity contribution >= 4 is 15.9 Å². The highest BCUT2D eigenvalue weighted by molar-refractivity contribution is 9.08. The summed E-state index contributed by atoms with van der Waals surface area (Å²) in [5.74, 6) is 1.74. The zero-order chi connectivity index (χ0) is 11.1. The van der Waals surface area contributed by atoms with Crippen LogP contribution >= 0.6 is 15.9 Å². The van der Waals surface area contributed by atoms with E-state index in [4.69, 9.17) is 4.74 Å². The maximum atomic E-state index is 5.64. The molecule has 0 saturated heterocycles. The van der Waals surface area contributed by atoms with Crippen molar-refractivity contribution in [1.82, 2.24) is 0 Å². The van der Waals surface area contributed by atoms with E-state index in [9.17, 15) is 0 Å². The Morgan fingerprint density at radius 2 is 1.87 bits per heavy atom. The van der Waals surface area contributed by atoms with E-state index in [-0.39, 0.29) is 0 Å². The van der Waals surface area contributed by atoms with Crippen LogP contribution in [0.2, 0.25) is 0 Å². The second-order valence-corrected chi connectivity index (χ2v) is 4.72. The van der Waals surface area contributed by atoms with E-state index < -0.39 is 0 Å². The lowest BCUT2D eigenvalue weighted by molar-refractivity contribution is 0.297. The van der Waals surface area contributed by atoms with Gasteiger partial charge in [-0.1, -0.05) is 41.9 Å². The minimum atomic E-state index is 0.768. The van der Waals surface area contributed by atoms with Gasteiger partial charge >= 0.3 is 0 Å². The number of ether oxygens (including phenoxy) is 1. The molecule has 0 aliphatic carbocycles. The molecule has 0 aromatic heterocycles. The van der Waals surface area contributed by atoms with Gasteiger partial charge in [0.2, 0.25) is 0 Å². The Hall–Kier alpha value is -0.500. The predicted molar refractivity (Wildman–Crippen MR) is 68.6 cm³/mol. The largest absolute Gasteiger partial charge is 0.494 e. The third-order valence-corrected chi connectivity index (χ3v) is 2.92. The van der Waals surface area contributed by atoms with Gasteiger partial charge in [0.25, 0.3) is 0 Å². The van der Waals surface area contributed by atoms with Crippen LogP contribution in [0.15, 0.2) is 24.3 Å². The zero-order valence-electron chi connectivity index (χ0n) is 9.50. The van der Waals surface area contributed by atoms with E-state index in [2.05, 4.69) is 41.9 Å². The molecular weight excluding hydrogens is 252 g/mol.